The van der Waals surface area contributed by atoms with Crippen molar-refractivity contribution in [2.75, 3.05) is 19.6 Å². The van der Waals surface area contributed by atoms with Crippen LogP contribution in [0.25, 0.3) is 0 Å². The van der Waals surface area contributed by atoms with Crippen molar-refractivity contribution in [2.24, 2.45) is 5.92 Å². The van der Waals surface area contributed by atoms with E-state index in [1.807, 2.05) is 23.6 Å². The smallest absolute Gasteiger partial charge is 0.274 e. The maximum absolute atomic E-state index is 12.9. The van der Waals surface area contributed by atoms with Gasteiger partial charge in [-0.25, -0.2) is 0 Å². The van der Waals surface area contributed by atoms with Crippen molar-refractivity contribution in [3.63, 3.8) is 0 Å². The molecule has 7 heteroatoms. The maximum Gasteiger partial charge on any atom is 0.274 e. The van der Waals surface area contributed by atoms with E-state index in [1.165, 1.54) is 0 Å². The van der Waals surface area contributed by atoms with E-state index in [9.17, 15) is 9.59 Å². The monoisotopic (exact) mass is 332 g/mol. The average Bonchev–Trinajstić information content (AvgIpc) is 3.32. The van der Waals surface area contributed by atoms with Gasteiger partial charge in [-0.1, -0.05) is 0 Å². The summed E-state index contributed by atoms with van der Waals surface area (Å²) in [5.74, 6) is 0.377. The Bertz CT molecular complexity index is 657. The zero-order valence-electron chi connectivity index (χ0n) is 14.2. The SMILES string of the molecule is CC1CN(C(=O)c2n[nH]c3c2CN(C(=O)C2CC2)CC3)CC(C)O1. The van der Waals surface area contributed by atoms with Gasteiger partial charge in [0.1, 0.15) is 0 Å². The summed E-state index contributed by atoms with van der Waals surface area (Å²) in [5.41, 5.74) is 2.36. The molecular formula is C17H24N4O3. The average molecular weight is 332 g/mol. The molecule has 0 radical (unpaired) electrons. The second-order valence-electron chi connectivity index (χ2n) is 7.28. The van der Waals surface area contributed by atoms with Crippen molar-refractivity contribution in [3.05, 3.63) is 17.0 Å². The van der Waals surface area contributed by atoms with Crippen LogP contribution in [-0.4, -0.2) is 63.7 Å². The van der Waals surface area contributed by atoms with Crippen LogP contribution in [0.15, 0.2) is 0 Å². The lowest BCUT2D eigenvalue weighted by atomic mass is 10.0. The van der Waals surface area contributed by atoms with E-state index in [2.05, 4.69) is 10.2 Å². The van der Waals surface area contributed by atoms with Crippen molar-refractivity contribution in [3.8, 4) is 0 Å². The molecule has 1 aromatic rings. The van der Waals surface area contributed by atoms with Gasteiger partial charge in [-0.2, -0.15) is 5.10 Å². The molecule has 0 aromatic carbocycles. The van der Waals surface area contributed by atoms with Crippen LogP contribution >= 0.6 is 0 Å². The number of fused-ring (bicyclic) bond motifs is 1. The topological polar surface area (TPSA) is 78.5 Å². The molecule has 1 saturated heterocycles. The lowest BCUT2D eigenvalue weighted by Gasteiger charge is -2.35. The molecule has 2 unspecified atom stereocenters. The Morgan fingerprint density at radius 2 is 1.88 bits per heavy atom. The first kappa shape index (κ1) is 15.6. The number of nitrogens with zero attached hydrogens (tertiary/aromatic N) is 3. The number of carbonyl (C=O) groups is 2. The molecule has 0 spiro atoms. The van der Waals surface area contributed by atoms with Crippen LogP contribution in [0.3, 0.4) is 0 Å². The third-order valence-corrected chi connectivity index (χ3v) is 5.08. The molecule has 1 N–H and O–H groups in total. The Kier molecular flexibility index (Phi) is 3.83. The number of amides is 2. The minimum atomic E-state index is -0.0600. The van der Waals surface area contributed by atoms with Gasteiger partial charge in [-0.15, -0.1) is 0 Å². The van der Waals surface area contributed by atoms with Crippen molar-refractivity contribution in [1.29, 1.82) is 0 Å². The fraction of sp³-hybridized carbons (Fsp3) is 0.706. The number of nitrogens with one attached hydrogen (secondary N) is 1. The van der Waals surface area contributed by atoms with E-state index in [-0.39, 0.29) is 29.9 Å². The molecule has 0 bridgehead atoms. The quantitative estimate of drug-likeness (QED) is 0.875. The number of hydrogen-bond donors (Lipinski definition) is 1. The number of aromatic amines is 1. The van der Waals surface area contributed by atoms with E-state index in [0.29, 0.717) is 31.9 Å². The van der Waals surface area contributed by atoms with Crippen LogP contribution in [0.4, 0.5) is 0 Å². The van der Waals surface area contributed by atoms with Crippen LogP contribution in [0.1, 0.15) is 48.4 Å². The summed E-state index contributed by atoms with van der Waals surface area (Å²) in [6.45, 7) is 6.32. The van der Waals surface area contributed by atoms with Gasteiger partial charge in [0, 0.05) is 49.8 Å². The van der Waals surface area contributed by atoms with Crippen LogP contribution in [0.5, 0.6) is 0 Å². The maximum atomic E-state index is 12.9. The zero-order valence-corrected chi connectivity index (χ0v) is 14.2. The minimum Gasteiger partial charge on any atom is -0.372 e. The molecule has 2 fully saturated rings. The van der Waals surface area contributed by atoms with Gasteiger partial charge in [-0.05, 0) is 26.7 Å². The molecule has 24 heavy (non-hydrogen) atoms. The predicted molar refractivity (Wildman–Crippen MR) is 86.3 cm³/mol. The van der Waals surface area contributed by atoms with Gasteiger partial charge in [0.15, 0.2) is 5.69 Å². The highest BCUT2D eigenvalue weighted by Crippen LogP contribution is 2.33. The number of morpholine rings is 1. The molecular weight excluding hydrogens is 308 g/mol. The lowest BCUT2D eigenvalue weighted by Crippen LogP contribution is -2.48. The van der Waals surface area contributed by atoms with Gasteiger partial charge in [-0.3, -0.25) is 14.7 Å². The standard InChI is InChI=1S/C17H24N4O3/c1-10-7-21(8-11(2)24-10)17(23)15-13-9-20(16(22)12-3-4-12)6-5-14(13)18-19-15/h10-12H,3-9H2,1-2H3,(H,18,19). The predicted octanol–water partition coefficient (Wildman–Crippen LogP) is 0.954. The normalized spacial score (nSPS) is 27.1. The van der Waals surface area contributed by atoms with Gasteiger partial charge >= 0.3 is 0 Å². The summed E-state index contributed by atoms with van der Waals surface area (Å²) in [4.78, 5) is 29.0. The number of ether oxygens (including phenoxy) is 1. The largest absolute Gasteiger partial charge is 0.372 e. The summed E-state index contributed by atoms with van der Waals surface area (Å²) >= 11 is 0. The number of carbonyl (C=O) groups excluding carboxylic acids is 2. The van der Waals surface area contributed by atoms with Gasteiger partial charge in [0.2, 0.25) is 5.91 Å². The number of rotatable bonds is 2. The molecule has 3 aliphatic rings. The number of H-pyrrole nitrogens is 1. The summed E-state index contributed by atoms with van der Waals surface area (Å²) in [6, 6.07) is 0. The highest BCUT2D eigenvalue weighted by molar-refractivity contribution is 5.94. The second-order valence-corrected chi connectivity index (χ2v) is 7.28. The fourth-order valence-corrected chi connectivity index (χ4v) is 3.74. The molecule has 2 aliphatic heterocycles. The minimum absolute atomic E-state index is 0.0282. The second kappa shape index (κ2) is 5.88. The summed E-state index contributed by atoms with van der Waals surface area (Å²) in [5, 5.41) is 7.29. The van der Waals surface area contributed by atoms with Crippen LogP contribution in [0, 0.1) is 5.92 Å². The third-order valence-electron chi connectivity index (χ3n) is 5.08. The zero-order chi connectivity index (χ0) is 16.8. The van der Waals surface area contributed by atoms with Crippen molar-refractivity contribution >= 4 is 11.8 Å². The molecule has 2 atom stereocenters. The number of hydrogen-bond acceptors (Lipinski definition) is 4. The van der Waals surface area contributed by atoms with E-state index in [0.717, 1.165) is 30.5 Å². The summed E-state index contributed by atoms with van der Waals surface area (Å²) in [7, 11) is 0. The molecule has 1 saturated carbocycles. The highest BCUT2D eigenvalue weighted by Gasteiger charge is 2.37. The third kappa shape index (κ3) is 2.81. The van der Waals surface area contributed by atoms with Crippen LogP contribution < -0.4 is 0 Å². The van der Waals surface area contributed by atoms with Crippen LogP contribution in [-0.2, 0) is 22.5 Å². The van der Waals surface area contributed by atoms with Gasteiger partial charge in [0.05, 0.1) is 12.2 Å². The van der Waals surface area contributed by atoms with Gasteiger partial charge < -0.3 is 14.5 Å². The Balaban J connectivity index is 1.53. The molecule has 7 nitrogen and oxygen atoms in total. The summed E-state index contributed by atoms with van der Waals surface area (Å²) < 4.78 is 5.70. The lowest BCUT2D eigenvalue weighted by molar-refractivity contribution is -0.133. The van der Waals surface area contributed by atoms with Crippen molar-refractivity contribution in [2.45, 2.75) is 51.9 Å². The molecule has 3 heterocycles. The Morgan fingerprint density at radius 3 is 2.54 bits per heavy atom. The molecule has 2 amide bonds. The highest BCUT2D eigenvalue weighted by atomic mass is 16.5. The van der Waals surface area contributed by atoms with E-state index >= 15 is 0 Å². The van der Waals surface area contributed by atoms with E-state index in [4.69, 9.17) is 4.74 Å². The van der Waals surface area contributed by atoms with E-state index in [1.54, 1.807) is 0 Å². The Hall–Kier alpha value is -1.89. The first-order valence-corrected chi connectivity index (χ1v) is 8.82. The Morgan fingerprint density at radius 1 is 1.17 bits per heavy atom. The first-order valence-electron chi connectivity index (χ1n) is 8.82. The fourth-order valence-electron chi connectivity index (χ4n) is 3.74. The van der Waals surface area contributed by atoms with Crippen molar-refractivity contribution < 1.29 is 14.3 Å². The molecule has 1 aromatic heterocycles. The first-order chi connectivity index (χ1) is 11.5. The van der Waals surface area contributed by atoms with E-state index < -0.39 is 0 Å². The van der Waals surface area contributed by atoms with Crippen molar-refractivity contribution in [1.82, 2.24) is 20.0 Å². The number of aromatic nitrogens is 2. The molecule has 130 valence electrons. The van der Waals surface area contributed by atoms with Crippen LogP contribution in [0.2, 0.25) is 0 Å². The molecule has 1 aliphatic carbocycles. The Labute approximate surface area is 141 Å². The summed E-state index contributed by atoms with van der Waals surface area (Å²) in [6.07, 6.45) is 2.80. The van der Waals surface area contributed by atoms with Gasteiger partial charge in [0.25, 0.3) is 5.91 Å². The molecule has 4 rings (SSSR count).